The van der Waals surface area contributed by atoms with Crippen LogP contribution in [0.3, 0.4) is 0 Å². The summed E-state index contributed by atoms with van der Waals surface area (Å²) in [4.78, 5) is 25.5. The summed E-state index contributed by atoms with van der Waals surface area (Å²) in [5, 5.41) is 7.25. The lowest BCUT2D eigenvalue weighted by Crippen LogP contribution is -2.24. The van der Waals surface area contributed by atoms with E-state index in [-0.39, 0.29) is 11.8 Å². The Kier molecular flexibility index (Phi) is 6.75. The average molecular weight is 426 g/mol. The topological polar surface area (TPSA) is 70.6 Å². The maximum atomic E-state index is 12.8. The number of para-hydroxylation sites is 1. The Bertz CT molecular complexity index is 1130. The number of nitrogens with one attached hydrogen (secondary N) is 2. The zero-order chi connectivity index (χ0) is 22.3. The zero-order valence-electron chi connectivity index (χ0n) is 18.2. The summed E-state index contributed by atoms with van der Waals surface area (Å²) in [5.41, 5.74) is 7.37. The number of hydrazone groups is 1. The summed E-state index contributed by atoms with van der Waals surface area (Å²) in [6, 6.07) is 24.9. The molecule has 5 heteroatoms. The molecular weight excluding hydrogens is 398 g/mol. The predicted molar refractivity (Wildman–Crippen MR) is 128 cm³/mol. The van der Waals surface area contributed by atoms with Crippen LogP contribution >= 0.6 is 0 Å². The fourth-order valence-electron chi connectivity index (χ4n) is 4.12. The summed E-state index contributed by atoms with van der Waals surface area (Å²) in [6.07, 6.45) is 3.79. The Morgan fingerprint density at radius 2 is 1.41 bits per heavy atom. The van der Waals surface area contributed by atoms with E-state index in [0.29, 0.717) is 22.7 Å². The van der Waals surface area contributed by atoms with Crippen LogP contribution in [0.5, 0.6) is 0 Å². The van der Waals surface area contributed by atoms with E-state index in [1.54, 1.807) is 30.3 Å². The van der Waals surface area contributed by atoms with Crippen molar-refractivity contribution >= 4 is 23.2 Å². The largest absolute Gasteiger partial charge is 0.321 e. The molecule has 1 saturated carbocycles. The Morgan fingerprint density at radius 3 is 2.12 bits per heavy atom. The Morgan fingerprint density at radius 1 is 0.781 bits per heavy atom. The van der Waals surface area contributed by atoms with Crippen LogP contribution in [0, 0.1) is 6.92 Å². The van der Waals surface area contributed by atoms with Crippen molar-refractivity contribution in [3.05, 3.63) is 101 Å². The second-order valence-corrected chi connectivity index (χ2v) is 8.12. The molecule has 0 bridgehead atoms. The smallest absolute Gasteiger partial charge is 0.273 e. The number of rotatable bonds is 5. The number of carbonyl (C=O) groups is 2. The van der Waals surface area contributed by atoms with Crippen LogP contribution in [0.15, 0.2) is 84.0 Å². The van der Waals surface area contributed by atoms with Gasteiger partial charge in [0.1, 0.15) is 0 Å². The number of amides is 2. The van der Waals surface area contributed by atoms with Crippen molar-refractivity contribution in [3.63, 3.8) is 0 Å². The van der Waals surface area contributed by atoms with E-state index in [0.717, 1.165) is 37.0 Å². The van der Waals surface area contributed by atoms with Gasteiger partial charge in [0.2, 0.25) is 0 Å². The highest BCUT2D eigenvalue weighted by Crippen LogP contribution is 2.31. The molecule has 1 fully saturated rings. The summed E-state index contributed by atoms with van der Waals surface area (Å²) in [7, 11) is 0. The summed E-state index contributed by atoms with van der Waals surface area (Å²) >= 11 is 0. The maximum Gasteiger partial charge on any atom is 0.273 e. The number of nitrogens with zero attached hydrogens (tertiary/aromatic N) is 1. The van der Waals surface area contributed by atoms with Crippen molar-refractivity contribution in [1.82, 2.24) is 5.43 Å². The van der Waals surface area contributed by atoms with E-state index >= 15 is 0 Å². The number of benzene rings is 3. The Balaban J connectivity index is 1.39. The molecular formula is C27H27N3O2. The number of hydrogen-bond acceptors (Lipinski definition) is 3. The minimum Gasteiger partial charge on any atom is -0.321 e. The van der Waals surface area contributed by atoms with Crippen LogP contribution in [-0.2, 0) is 0 Å². The SMILES string of the molecule is Cc1ccccc1C(=O)Nc1ccccc1C(=O)NN=C1CCC(c2ccccc2)CC1. The molecule has 3 aromatic rings. The molecule has 0 radical (unpaired) electrons. The van der Waals surface area contributed by atoms with Gasteiger partial charge in [-0.3, -0.25) is 9.59 Å². The highest BCUT2D eigenvalue weighted by atomic mass is 16.2. The Labute approximate surface area is 188 Å². The minimum atomic E-state index is -0.330. The van der Waals surface area contributed by atoms with Crippen molar-refractivity contribution in [3.8, 4) is 0 Å². The van der Waals surface area contributed by atoms with Crippen molar-refractivity contribution in [2.24, 2.45) is 5.10 Å². The van der Waals surface area contributed by atoms with Gasteiger partial charge in [-0.05, 0) is 67.9 Å². The number of aryl methyl sites for hydroxylation is 1. The number of carbonyl (C=O) groups excluding carboxylic acids is 2. The summed E-state index contributed by atoms with van der Waals surface area (Å²) in [6.45, 7) is 1.89. The van der Waals surface area contributed by atoms with Gasteiger partial charge in [0.15, 0.2) is 0 Å². The minimum absolute atomic E-state index is 0.242. The molecule has 0 unspecified atom stereocenters. The molecule has 5 nitrogen and oxygen atoms in total. The molecule has 2 N–H and O–H groups in total. The first-order valence-electron chi connectivity index (χ1n) is 11.0. The molecule has 0 spiro atoms. The normalized spacial score (nSPS) is 15.7. The molecule has 0 heterocycles. The van der Waals surface area contributed by atoms with Gasteiger partial charge in [-0.2, -0.15) is 5.10 Å². The van der Waals surface area contributed by atoms with Gasteiger partial charge >= 0.3 is 0 Å². The lowest BCUT2D eigenvalue weighted by molar-refractivity contribution is 0.0955. The predicted octanol–water partition coefficient (Wildman–Crippen LogP) is 5.69. The molecule has 1 aliphatic rings. The first-order chi connectivity index (χ1) is 15.6. The van der Waals surface area contributed by atoms with Gasteiger partial charge in [0.25, 0.3) is 11.8 Å². The van der Waals surface area contributed by atoms with Gasteiger partial charge in [-0.15, -0.1) is 0 Å². The van der Waals surface area contributed by atoms with E-state index < -0.39 is 0 Å². The lowest BCUT2D eigenvalue weighted by Gasteiger charge is -2.23. The van der Waals surface area contributed by atoms with Gasteiger partial charge in [-0.1, -0.05) is 60.7 Å². The van der Waals surface area contributed by atoms with E-state index in [2.05, 4.69) is 40.1 Å². The third-order valence-electron chi connectivity index (χ3n) is 5.96. The highest BCUT2D eigenvalue weighted by Gasteiger charge is 2.20. The van der Waals surface area contributed by atoms with E-state index in [1.165, 1.54) is 5.56 Å². The first kappa shape index (κ1) is 21.5. The van der Waals surface area contributed by atoms with Crippen LogP contribution in [0.2, 0.25) is 0 Å². The standard InChI is InChI=1S/C27H27N3O2/c1-19-9-5-6-12-23(19)26(31)28-25-14-8-7-13-24(25)27(32)30-29-22-17-15-21(16-18-22)20-10-3-2-4-11-20/h2-14,21H,15-18H2,1H3,(H,28,31)(H,30,32). The molecule has 3 aromatic carbocycles. The van der Waals surface area contributed by atoms with Crippen molar-refractivity contribution in [2.45, 2.75) is 38.5 Å². The lowest BCUT2D eigenvalue weighted by atomic mass is 9.83. The van der Waals surface area contributed by atoms with Gasteiger partial charge in [0, 0.05) is 11.3 Å². The quantitative estimate of drug-likeness (QED) is 0.516. The molecule has 2 amide bonds. The van der Waals surface area contributed by atoms with Crippen molar-refractivity contribution in [1.29, 1.82) is 0 Å². The monoisotopic (exact) mass is 425 g/mol. The van der Waals surface area contributed by atoms with E-state index in [9.17, 15) is 9.59 Å². The van der Waals surface area contributed by atoms with Gasteiger partial charge < -0.3 is 5.32 Å². The van der Waals surface area contributed by atoms with Crippen LogP contribution < -0.4 is 10.7 Å². The molecule has 162 valence electrons. The highest BCUT2D eigenvalue weighted by molar-refractivity contribution is 6.09. The summed E-state index contributed by atoms with van der Waals surface area (Å²) < 4.78 is 0. The van der Waals surface area contributed by atoms with Crippen LogP contribution in [0.25, 0.3) is 0 Å². The Hall–Kier alpha value is -3.73. The van der Waals surface area contributed by atoms with Gasteiger partial charge in [-0.25, -0.2) is 5.43 Å². The number of anilines is 1. The van der Waals surface area contributed by atoms with Crippen LogP contribution in [-0.4, -0.2) is 17.5 Å². The van der Waals surface area contributed by atoms with Crippen molar-refractivity contribution in [2.75, 3.05) is 5.32 Å². The average Bonchev–Trinajstić information content (AvgIpc) is 2.84. The number of hydrogen-bond donors (Lipinski definition) is 2. The van der Waals surface area contributed by atoms with E-state index in [4.69, 9.17) is 0 Å². The maximum absolute atomic E-state index is 12.8. The second kappa shape index (κ2) is 10.1. The fraction of sp³-hybridized carbons (Fsp3) is 0.222. The van der Waals surface area contributed by atoms with E-state index in [1.807, 2.05) is 31.2 Å². The molecule has 0 aromatic heterocycles. The molecule has 1 aliphatic carbocycles. The second-order valence-electron chi connectivity index (χ2n) is 8.12. The third kappa shape index (κ3) is 5.11. The molecule has 4 rings (SSSR count). The van der Waals surface area contributed by atoms with Gasteiger partial charge in [0.05, 0.1) is 11.3 Å². The van der Waals surface area contributed by atoms with Crippen LogP contribution in [0.4, 0.5) is 5.69 Å². The third-order valence-corrected chi connectivity index (χ3v) is 5.96. The zero-order valence-corrected chi connectivity index (χ0v) is 18.2. The van der Waals surface area contributed by atoms with Crippen LogP contribution in [0.1, 0.15) is 63.4 Å². The molecule has 32 heavy (non-hydrogen) atoms. The molecule has 0 saturated heterocycles. The molecule has 0 atom stereocenters. The van der Waals surface area contributed by atoms with Crippen molar-refractivity contribution < 1.29 is 9.59 Å². The molecule has 0 aliphatic heterocycles. The summed E-state index contributed by atoms with van der Waals surface area (Å²) in [5.74, 6) is -0.0273. The first-order valence-corrected chi connectivity index (χ1v) is 11.0. The fourth-order valence-corrected chi connectivity index (χ4v) is 4.12.